The van der Waals surface area contributed by atoms with Gasteiger partial charge >= 0.3 is 0 Å². The SMILES string of the molecule is COc1cc(OC2CCN(C3CCC3)CC2)ccc1-n1c(C)nc2cnc(Cl)cc2c1=O. The molecule has 8 heteroatoms. The van der Waals surface area contributed by atoms with Crippen LogP contribution >= 0.6 is 11.6 Å². The Hall–Kier alpha value is -2.64. The van der Waals surface area contributed by atoms with E-state index in [0.717, 1.165) is 37.7 Å². The standard InChI is InChI=1S/C24H27ClN4O3/c1-15-27-20-14-26-23(25)13-19(20)24(30)29(15)21-7-6-18(12-22(21)31-2)32-17-8-10-28(11-9-17)16-4-3-5-16/h6-7,12-14,16-17H,3-5,8-11H2,1-2H3. The molecule has 168 valence electrons. The van der Waals surface area contributed by atoms with Crippen LogP contribution in [0.1, 0.15) is 37.9 Å². The van der Waals surface area contributed by atoms with Crippen LogP contribution in [-0.2, 0) is 0 Å². The van der Waals surface area contributed by atoms with Crippen LogP contribution in [0.15, 0.2) is 35.3 Å². The minimum absolute atomic E-state index is 0.198. The molecule has 1 aliphatic heterocycles. The summed E-state index contributed by atoms with van der Waals surface area (Å²) in [5.74, 6) is 1.85. The molecule has 7 nitrogen and oxygen atoms in total. The van der Waals surface area contributed by atoms with E-state index < -0.39 is 0 Å². The molecule has 0 N–H and O–H groups in total. The molecule has 0 bridgehead atoms. The van der Waals surface area contributed by atoms with Crippen molar-refractivity contribution in [1.29, 1.82) is 0 Å². The molecule has 0 radical (unpaired) electrons. The predicted molar refractivity (Wildman–Crippen MR) is 124 cm³/mol. The van der Waals surface area contributed by atoms with Gasteiger partial charge in [0.15, 0.2) is 0 Å². The molecule has 5 rings (SSSR count). The van der Waals surface area contributed by atoms with Crippen molar-refractivity contribution in [2.24, 2.45) is 0 Å². The molecular formula is C24H27ClN4O3. The van der Waals surface area contributed by atoms with Crippen molar-refractivity contribution >= 4 is 22.5 Å². The first-order valence-electron chi connectivity index (χ1n) is 11.2. The number of ether oxygens (including phenoxy) is 2. The van der Waals surface area contributed by atoms with Crippen molar-refractivity contribution in [2.45, 2.75) is 51.2 Å². The topological polar surface area (TPSA) is 69.5 Å². The summed E-state index contributed by atoms with van der Waals surface area (Å²) in [5.41, 5.74) is 0.914. The average molecular weight is 455 g/mol. The van der Waals surface area contributed by atoms with E-state index in [9.17, 15) is 4.79 Å². The van der Waals surface area contributed by atoms with Crippen molar-refractivity contribution < 1.29 is 9.47 Å². The Balaban J connectivity index is 1.40. The van der Waals surface area contributed by atoms with Crippen molar-refractivity contribution in [3.05, 3.63) is 51.8 Å². The Morgan fingerprint density at radius 1 is 1.12 bits per heavy atom. The molecule has 0 unspecified atom stereocenters. The summed E-state index contributed by atoms with van der Waals surface area (Å²) in [6.07, 6.45) is 7.83. The van der Waals surface area contributed by atoms with Crippen molar-refractivity contribution in [2.75, 3.05) is 20.2 Å². The Labute approximate surface area is 191 Å². The summed E-state index contributed by atoms with van der Waals surface area (Å²) in [7, 11) is 1.59. The monoisotopic (exact) mass is 454 g/mol. The van der Waals surface area contributed by atoms with Gasteiger partial charge in [-0.2, -0.15) is 0 Å². The summed E-state index contributed by atoms with van der Waals surface area (Å²) in [6.45, 7) is 3.98. The first-order valence-corrected chi connectivity index (χ1v) is 11.6. The zero-order valence-electron chi connectivity index (χ0n) is 18.4. The van der Waals surface area contributed by atoms with Gasteiger partial charge in [0, 0.05) is 25.2 Å². The van der Waals surface area contributed by atoms with Crippen LogP contribution in [0.4, 0.5) is 0 Å². The third-order valence-corrected chi connectivity index (χ3v) is 6.86. The number of likely N-dealkylation sites (tertiary alicyclic amines) is 1. The van der Waals surface area contributed by atoms with E-state index in [1.165, 1.54) is 25.5 Å². The number of hydrogen-bond acceptors (Lipinski definition) is 6. The number of pyridine rings is 1. The Morgan fingerprint density at radius 3 is 2.59 bits per heavy atom. The van der Waals surface area contributed by atoms with Crippen LogP contribution in [0.2, 0.25) is 5.15 Å². The third-order valence-electron chi connectivity index (χ3n) is 6.65. The highest BCUT2D eigenvalue weighted by atomic mass is 35.5. The quantitative estimate of drug-likeness (QED) is 0.539. The Morgan fingerprint density at radius 2 is 1.91 bits per heavy atom. The van der Waals surface area contributed by atoms with Gasteiger partial charge in [-0.3, -0.25) is 9.36 Å². The molecule has 32 heavy (non-hydrogen) atoms. The predicted octanol–water partition coefficient (Wildman–Crippen LogP) is 4.15. The number of hydrogen-bond donors (Lipinski definition) is 0. The highest BCUT2D eigenvalue weighted by Crippen LogP contribution is 2.31. The second kappa shape index (κ2) is 8.71. The van der Waals surface area contributed by atoms with Crippen LogP contribution in [0.3, 0.4) is 0 Å². The number of methoxy groups -OCH3 is 1. The summed E-state index contributed by atoms with van der Waals surface area (Å²) >= 11 is 6.01. The molecule has 1 saturated carbocycles. The Kier molecular flexibility index (Phi) is 5.78. The zero-order chi connectivity index (χ0) is 22.2. The number of aryl methyl sites for hydroxylation is 1. The van der Waals surface area contributed by atoms with Crippen molar-refractivity contribution in [1.82, 2.24) is 19.4 Å². The van der Waals surface area contributed by atoms with Gasteiger partial charge in [-0.05, 0) is 50.8 Å². The molecule has 0 spiro atoms. The zero-order valence-corrected chi connectivity index (χ0v) is 19.1. The van der Waals surface area contributed by atoms with Crippen LogP contribution in [0.25, 0.3) is 16.6 Å². The number of fused-ring (bicyclic) bond motifs is 1. The van der Waals surface area contributed by atoms with Crippen LogP contribution in [-0.4, -0.2) is 51.8 Å². The van der Waals surface area contributed by atoms with Gasteiger partial charge in [0.2, 0.25) is 0 Å². The normalized spacial score (nSPS) is 18.0. The fourth-order valence-electron chi connectivity index (χ4n) is 4.68. The lowest BCUT2D eigenvalue weighted by Crippen LogP contribution is -2.46. The molecule has 0 amide bonds. The highest BCUT2D eigenvalue weighted by molar-refractivity contribution is 6.30. The molecule has 2 fully saturated rings. The number of nitrogens with zero attached hydrogens (tertiary/aromatic N) is 4. The second-order valence-corrected chi connectivity index (χ2v) is 8.98. The van der Waals surface area contributed by atoms with Gasteiger partial charge in [0.25, 0.3) is 5.56 Å². The fraction of sp³-hybridized carbons (Fsp3) is 0.458. The van der Waals surface area contributed by atoms with E-state index in [4.69, 9.17) is 21.1 Å². The summed E-state index contributed by atoms with van der Waals surface area (Å²) in [5, 5.41) is 0.669. The number of benzene rings is 1. The molecule has 3 aromatic rings. The first-order chi connectivity index (χ1) is 15.5. The molecule has 2 aliphatic rings. The molecule has 1 aromatic carbocycles. The van der Waals surface area contributed by atoms with Gasteiger partial charge in [-0.15, -0.1) is 0 Å². The van der Waals surface area contributed by atoms with E-state index in [1.54, 1.807) is 24.7 Å². The Bertz CT molecular complexity index is 1200. The van der Waals surface area contributed by atoms with Crippen LogP contribution in [0, 0.1) is 6.92 Å². The number of piperidine rings is 1. The lowest BCUT2D eigenvalue weighted by Gasteiger charge is -2.41. The van der Waals surface area contributed by atoms with Gasteiger partial charge < -0.3 is 14.4 Å². The van der Waals surface area contributed by atoms with Crippen LogP contribution in [0.5, 0.6) is 11.5 Å². The van der Waals surface area contributed by atoms with Gasteiger partial charge in [-0.1, -0.05) is 18.0 Å². The largest absolute Gasteiger partial charge is 0.494 e. The molecular weight excluding hydrogens is 428 g/mol. The van der Waals surface area contributed by atoms with Crippen molar-refractivity contribution in [3.8, 4) is 17.2 Å². The summed E-state index contributed by atoms with van der Waals surface area (Å²) < 4.78 is 13.5. The molecule has 1 aliphatic carbocycles. The lowest BCUT2D eigenvalue weighted by molar-refractivity contribution is 0.0492. The fourth-order valence-corrected chi connectivity index (χ4v) is 4.84. The van der Waals surface area contributed by atoms with Crippen molar-refractivity contribution in [3.63, 3.8) is 0 Å². The molecule has 1 saturated heterocycles. The van der Waals surface area contributed by atoms with Gasteiger partial charge in [0.1, 0.15) is 28.6 Å². The highest BCUT2D eigenvalue weighted by Gasteiger charge is 2.29. The minimum atomic E-state index is -0.216. The van der Waals surface area contributed by atoms with E-state index in [2.05, 4.69) is 14.9 Å². The number of halogens is 1. The molecule has 0 atom stereocenters. The molecule has 3 heterocycles. The van der Waals surface area contributed by atoms with E-state index in [0.29, 0.717) is 28.2 Å². The van der Waals surface area contributed by atoms with E-state index >= 15 is 0 Å². The minimum Gasteiger partial charge on any atom is -0.494 e. The smallest absolute Gasteiger partial charge is 0.266 e. The maximum Gasteiger partial charge on any atom is 0.266 e. The van der Waals surface area contributed by atoms with Gasteiger partial charge in [-0.25, -0.2) is 9.97 Å². The van der Waals surface area contributed by atoms with E-state index in [-0.39, 0.29) is 16.8 Å². The van der Waals surface area contributed by atoms with E-state index in [1.807, 2.05) is 18.2 Å². The summed E-state index contributed by atoms with van der Waals surface area (Å²) in [6, 6.07) is 7.93. The van der Waals surface area contributed by atoms with Gasteiger partial charge in [0.05, 0.1) is 29.9 Å². The maximum absolute atomic E-state index is 13.2. The summed E-state index contributed by atoms with van der Waals surface area (Å²) in [4.78, 5) is 24.4. The molecule has 2 aromatic heterocycles. The number of aromatic nitrogens is 3. The van der Waals surface area contributed by atoms with Crippen LogP contribution < -0.4 is 15.0 Å². The number of rotatable bonds is 5. The third kappa shape index (κ3) is 3.95. The second-order valence-electron chi connectivity index (χ2n) is 8.60. The first kappa shape index (κ1) is 21.2. The average Bonchev–Trinajstić information content (AvgIpc) is 2.75. The maximum atomic E-state index is 13.2. The lowest BCUT2D eigenvalue weighted by atomic mass is 9.90.